The molecule has 1 aliphatic rings. The summed E-state index contributed by atoms with van der Waals surface area (Å²) in [5.74, 6) is 0. The number of likely N-dealkylation sites (tertiary alicyclic amines) is 1. The van der Waals surface area contributed by atoms with E-state index < -0.39 is 6.09 Å². The van der Waals surface area contributed by atoms with Crippen LogP contribution in [0.5, 0.6) is 0 Å². The Labute approximate surface area is 118 Å². The topological polar surface area (TPSA) is 71.2 Å². The average Bonchev–Trinajstić information content (AvgIpc) is 2.81. The van der Waals surface area contributed by atoms with Crippen molar-refractivity contribution >= 4 is 33.1 Å². The Morgan fingerprint density at radius 1 is 1.47 bits per heavy atom. The van der Waals surface area contributed by atoms with Gasteiger partial charge in [0.25, 0.3) is 0 Å². The number of hydrogen-bond acceptors (Lipinski definition) is 3. The highest BCUT2D eigenvalue weighted by Gasteiger charge is 2.25. The molecule has 6 nitrogen and oxygen atoms in total. The molecule has 19 heavy (non-hydrogen) atoms. The van der Waals surface area contributed by atoms with E-state index in [9.17, 15) is 4.79 Å². The van der Waals surface area contributed by atoms with Gasteiger partial charge >= 0.3 is 6.09 Å². The lowest BCUT2D eigenvalue weighted by molar-refractivity contribution is 0.122. The summed E-state index contributed by atoms with van der Waals surface area (Å²) in [6.45, 7) is 1.13. The molecule has 3 rings (SSSR count). The van der Waals surface area contributed by atoms with Gasteiger partial charge in [0.05, 0.1) is 24.1 Å². The highest BCUT2D eigenvalue weighted by Crippen LogP contribution is 2.26. The average molecular weight is 325 g/mol. The van der Waals surface area contributed by atoms with E-state index in [4.69, 9.17) is 5.11 Å². The van der Waals surface area contributed by atoms with Crippen LogP contribution in [0.2, 0.25) is 0 Å². The van der Waals surface area contributed by atoms with E-state index in [1.54, 1.807) is 12.5 Å². The molecule has 0 saturated carbocycles. The molecule has 1 saturated heterocycles. The van der Waals surface area contributed by atoms with Gasteiger partial charge in [-0.1, -0.05) is 0 Å². The molecule has 1 N–H and O–H groups in total. The predicted octanol–water partition coefficient (Wildman–Crippen LogP) is 2.51. The van der Waals surface area contributed by atoms with Crippen molar-refractivity contribution in [2.75, 3.05) is 13.1 Å². The van der Waals surface area contributed by atoms with Crippen LogP contribution in [0.3, 0.4) is 0 Å². The maximum atomic E-state index is 11.1. The molecular formula is C12H13BrN4O2. The number of hydrogen-bond donors (Lipinski definition) is 1. The number of imidazole rings is 1. The van der Waals surface area contributed by atoms with Crippen LogP contribution < -0.4 is 0 Å². The first kappa shape index (κ1) is 12.4. The zero-order valence-electron chi connectivity index (χ0n) is 10.2. The Kier molecular flexibility index (Phi) is 3.14. The molecule has 1 fully saturated rings. The molecule has 1 atom stereocenters. The first-order valence-electron chi connectivity index (χ1n) is 6.11. The summed E-state index contributed by atoms with van der Waals surface area (Å²) >= 11 is 3.35. The molecule has 7 heteroatoms. The van der Waals surface area contributed by atoms with Gasteiger partial charge in [-0.2, -0.15) is 0 Å². The van der Waals surface area contributed by atoms with E-state index in [2.05, 4.69) is 30.5 Å². The van der Waals surface area contributed by atoms with E-state index in [1.807, 2.05) is 6.07 Å². The number of carbonyl (C=O) groups is 1. The monoisotopic (exact) mass is 324 g/mol. The number of piperidine rings is 1. The van der Waals surface area contributed by atoms with Crippen molar-refractivity contribution in [2.45, 2.75) is 18.9 Å². The van der Waals surface area contributed by atoms with Crippen molar-refractivity contribution in [3.63, 3.8) is 0 Å². The lowest BCUT2D eigenvalue weighted by Gasteiger charge is -2.31. The van der Waals surface area contributed by atoms with Crippen molar-refractivity contribution < 1.29 is 9.90 Å². The molecule has 0 bridgehead atoms. The Morgan fingerprint density at radius 3 is 3.11 bits per heavy atom. The van der Waals surface area contributed by atoms with Gasteiger partial charge in [-0.05, 0) is 34.8 Å². The molecule has 100 valence electrons. The summed E-state index contributed by atoms with van der Waals surface area (Å²) in [4.78, 5) is 21.0. The Balaban J connectivity index is 1.95. The fourth-order valence-electron chi connectivity index (χ4n) is 2.55. The van der Waals surface area contributed by atoms with E-state index >= 15 is 0 Å². The van der Waals surface area contributed by atoms with Gasteiger partial charge in [0.1, 0.15) is 10.1 Å². The molecule has 2 aromatic rings. The second-order valence-corrected chi connectivity index (χ2v) is 5.48. The van der Waals surface area contributed by atoms with Crippen LogP contribution in [0.1, 0.15) is 18.9 Å². The third kappa shape index (κ3) is 2.30. The minimum atomic E-state index is -0.850. The standard InChI is InChI=1S/C12H13BrN4O2/c13-11-4-10-9(5-14-11)15-7-17(10)8-2-1-3-16(6-8)12(18)19/h4-5,7-8H,1-3,6H2,(H,18,19). The molecule has 0 radical (unpaired) electrons. The van der Waals surface area contributed by atoms with E-state index in [0.717, 1.165) is 28.5 Å². The largest absolute Gasteiger partial charge is 0.465 e. The molecule has 3 heterocycles. The third-order valence-electron chi connectivity index (χ3n) is 3.49. The number of aromatic nitrogens is 3. The molecule has 0 aromatic carbocycles. The summed E-state index contributed by atoms with van der Waals surface area (Å²) < 4.78 is 2.81. The molecule has 2 aromatic heterocycles. The van der Waals surface area contributed by atoms with Gasteiger partial charge in [0.15, 0.2) is 0 Å². The minimum absolute atomic E-state index is 0.143. The Hall–Kier alpha value is -1.63. The number of nitrogens with zero attached hydrogens (tertiary/aromatic N) is 4. The van der Waals surface area contributed by atoms with E-state index in [-0.39, 0.29) is 6.04 Å². The molecule has 1 amide bonds. The normalized spacial score (nSPS) is 19.8. The second kappa shape index (κ2) is 4.80. The number of pyridine rings is 1. The third-order valence-corrected chi connectivity index (χ3v) is 3.92. The highest BCUT2D eigenvalue weighted by atomic mass is 79.9. The van der Waals surface area contributed by atoms with Gasteiger partial charge in [0.2, 0.25) is 0 Å². The predicted molar refractivity (Wildman–Crippen MR) is 73.1 cm³/mol. The number of carboxylic acid groups (broad SMARTS) is 1. The van der Waals surface area contributed by atoms with Crippen LogP contribution in [0.15, 0.2) is 23.2 Å². The maximum Gasteiger partial charge on any atom is 0.407 e. The van der Waals surface area contributed by atoms with Crippen LogP contribution in [0.4, 0.5) is 4.79 Å². The molecule has 1 aliphatic heterocycles. The van der Waals surface area contributed by atoms with Crippen molar-refractivity contribution in [2.24, 2.45) is 0 Å². The van der Waals surface area contributed by atoms with E-state index in [1.165, 1.54) is 4.90 Å². The zero-order chi connectivity index (χ0) is 13.4. The van der Waals surface area contributed by atoms with Gasteiger partial charge in [0, 0.05) is 13.1 Å². The fraction of sp³-hybridized carbons (Fsp3) is 0.417. The number of amides is 1. The number of halogens is 1. The van der Waals surface area contributed by atoms with Crippen LogP contribution >= 0.6 is 15.9 Å². The molecule has 0 spiro atoms. The second-order valence-electron chi connectivity index (χ2n) is 4.67. The SMILES string of the molecule is O=C(O)N1CCCC(n2cnc3cnc(Br)cc32)C1. The molecular weight excluding hydrogens is 312 g/mol. The zero-order valence-corrected chi connectivity index (χ0v) is 11.7. The Bertz CT molecular complexity index is 627. The summed E-state index contributed by atoms with van der Waals surface area (Å²) in [6, 6.07) is 2.06. The van der Waals surface area contributed by atoms with Gasteiger partial charge < -0.3 is 14.6 Å². The van der Waals surface area contributed by atoms with Gasteiger partial charge in [-0.25, -0.2) is 14.8 Å². The van der Waals surface area contributed by atoms with Gasteiger partial charge in [-0.15, -0.1) is 0 Å². The van der Waals surface area contributed by atoms with Crippen LogP contribution in [-0.4, -0.2) is 43.7 Å². The van der Waals surface area contributed by atoms with Crippen molar-refractivity contribution in [3.8, 4) is 0 Å². The van der Waals surface area contributed by atoms with Crippen molar-refractivity contribution in [1.29, 1.82) is 0 Å². The minimum Gasteiger partial charge on any atom is -0.465 e. The smallest absolute Gasteiger partial charge is 0.407 e. The van der Waals surface area contributed by atoms with Crippen molar-refractivity contribution in [1.82, 2.24) is 19.4 Å². The molecule has 0 aliphatic carbocycles. The van der Waals surface area contributed by atoms with Crippen LogP contribution in [0, 0.1) is 0 Å². The lowest BCUT2D eigenvalue weighted by Crippen LogP contribution is -2.39. The lowest BCUT2D eigenvalue weighted by atomic mass is 10.1. The summed E-state index contributed by atoms with van der Waals surface area (Å²) in [5, 5.41) is 9.09. The highest BCUT2D eigenvalue weighted by molar-refractivity contribution is 9.10. The van der Waals surface area contributed by atoms with Crippen molar-refractivity contribution in [3.05, 3.63) is 23.2 Å². The van der Waals surface area contributed by atoms with Crippen LogP contribution in [0.25, 0.3) is 11.0 Å². The first-order chi connectivity index (χ1) is 9.15. The van der Waals surface area contributed by atoms with Crippen LogP contribution in [-0.2, 0) is 0 Å². The summed E-state index contributed by atoms with van der Waals surface area (Å²) in [7, 11) is 0. The van der Waals surface area contributed by atoms with Gasteiger partial charge in [-0.3, -0.25) is 0 Å². The molecule has 1 unspecified atom stereocenters. The summed E-state index contributed by atoms with van der Waals surface area (Å²) in [6.07, 6.45) is 4.48. The first-order valence-corrected chi connectivity index (χ1v) is 6.90. The number of fused-ring (bicyclic) bond motifs is 1. The quantitative estimate of drug-likeness (QED) is 0.818. The van der Waals surface area contributed by atoms with E-state index in [0.29, 0.717) is 13.1 Å². The Morgan fingerprint density at radius 2 is 2.32 bits per heavy atom. The number of rotatable bonds is 1. The maximum absolute atomic E-state index is 11.1. The fourth-order valence-corrected chi connectivity index (χ4v) is 2.87. The summed E-state index contributed by atoms with van der Waals surface area (Å²) in [5.41, 5.74) is 1.81.